The topological polar surface area (TPSA) is 70.7 Å². The first-order valence-electron chi connectivity index (χ1n) is 10.1. The van der Waals surface area contributed by atoms with Gasteiger partial charge in [-0.15, -0.1) is 0 Å². The van der Waals surface area contributed by atoms with Crippen molar-refractivity contribution in [1.29, 1.82) is 0 Å². The Morgan fingerprint density at radius 2 is 1.63 bits per heavy atom. The molecule has 0 aromatic heterocycles. The maximum atomic E-state index is 12.7. The molecular formula is C21H29N3O3. The van der Waals surface area contributed by atoms with Gasteiger partial charge in [-0.3, -0.25) is 4.79 Å². The number of urea groups is 1. The zero-order chi connectivity index (χ0) is 18.8. The van der Waals surface area contributed by atoms with E-state index < -0.39 is 0 Å². The fraction of sp³-hybridized carbons (Fsp3) is 0.619. The SMILES string of the molecule is COC1[C@@H]2CC[C@H]1CN(C(=O)Nc1cccc(NC(=O)C3CCCC3)c1)C2. The lowest BCUT2D eigenvalue weighted by Crippen LogP contribution is -2.49. The van der Waals surface area contributed by atoms with Gasteiger partial charge in [-0.25, -0.2) is 4.79 Å². The third kappa shape index (κ3) is 3.95. The number of carbonyl (C=O) groups is 2. The Hall–Kier alpha value is -2.08. The lowest BCUT2D eigenvalue weighted by atomic mass is 9.95. The molecule has 1 aliphatic heterocycles. The van der Waals surface area contributed by atoms with Gasteiger partial charge in [0, 0.05) is 49.3 Å². The molecule has 0 spiro atoms. The summed E-state index contributed by atoms with van der Waals surface area (Å²) in [5.74, 6) is 1.10. The number of nitrogens with zero attached hydrogens (tertiary/aromatic N) is 1. The Balaban J connectivity index is 1.35. The molecule has 2 saturated carbocycles. The van der Waals surface area contributed by atoms with Crippen LogP contribution in [0.5, 0.6) is 0 Å². The third-order valence-corrected chi connectivity index (χ3v) is 6.41. The van der Waals surface area contributed by atoms with Crippen molar-refractivity contribution in [2.24, 2.45) is 17.8 Å². The number of anilines is 2. The van der Waals surface area contributed by atoms with E-state index in [4.69, 9.17) is 4.74 Å². The van der Waals surface area contributed by atoms with Gasteiger partial charge in [0.05, 0.1) is 6.10 Å². The normalized spacial score (nSPS) is 27.6. The van der Waals surface area contributed by atoms with Gasteiger partial charge in [0.15, 0.2) is 0 Å². The molecule has 3 amide bonds. The molecule has 27 heavy (non-hydrogen) atoms. The van der Waals surface area contributed by atoms with Crippen molar-refractivity contribution in [3.8, 4) is 0 Å². The zero-order valence-corrected chi connectivity index (χ0v) is 15.9. The molecule has 1 aromatic carbocycles. The number of carbonyl (C=O) groups excluding carboxylic acids is 2. The number of benzene rings is 1. The first kappa shape index (κ1) is 18.3. The second-order valence-corrected chi connectivity index (χ2v) is 8.18. The maximum Gasteiger partial charge on any atom is 0.321 e. The maximum absolute atomic E-state index is 12.7. The fourth-order valence-electron chi connectivity index (χ4n) is 5.03. The summed E-state index contributed by atoms with van der Waals surface area (Å²) in [5, 5.41) is 5.99. The fourth-order valence-corrected chi connectivity index (χ4v) is 5.03. The molecular weight excluding hydrogens is 342 g/mol. The second kappa shape index (κ2) is 7.89. The highest BCUT2D eigenvalue weighted by atomic mass is 16.5. The molecule has 2 aliphatic carbocycles. The average molecular weight is 371 g/mol. The van der Waals surface area contributed by atoms with Crippen LogP contribution >= 0.6 is 0 Å². The molecule has 3 aliphatic rings. The van der Waals surface area contributed by atoms with Crippen molar-refractivity contribution in [2.45, 2.75) is 44.6 Å². The summed E-state index contributed by atoms with van der Waals surface area (Å²) in [6.07, 6.45) is 6.78. The van der Waals surface area contributed by atoms with E-state index in [1.54, 1.807) is 7.11 Å². The van der Waals surface area contributed by atoms with E-state index in [1.807, 2.05) is 29.2 Å². The number of hydrogen-bond donors (Lipinski definition) is 2. The predicted molar refractivity (Wildman–Crippen MR) is 105 cm³/mol. The zero-order valence-electron chi connectivity index (χ0n) is 15.9. The standard InChI is InChI=1S/C21H29N3O3/c1-27-19-15-9-10-16(19)13-24(12-15)21(26)23-18-8-4-7-17(11-18)22-20(25)14-5-2-3-6-14/h4,7-8,11,14-16,19H,2-3,5-6,9-10,12-13H2,1H3,(H,22,25)(H,23,26)/t15-,16+,19?. The van der Waals surface area contributed by atoms with E-state index in [0.29, 0.717) is 23.6 Å². The van der Waals surface area contributed by atoms with Crippen molar-refractivity contribution in [2.75, 3.05) is 30.8 Å². The van der Waals surface area contributed by atoms with Crippen molar-refractivity contribution >= 4 is 23.3 Å². The van der Waals surface area contributed by atoms with Crippen LogP contribution in [0.1, 0.15) is 38.5 Å². The van der Waals surface area contributed by atoms with Crippen LogP contribution in [-0.4, -0.2) is 43.1 Å². The lowest BCUT2D eigenvalue weighted by Gasteiger charge is -2.37. The molecule has 2 bridgehead atoms. The molecule has 1 aromatic rings. The minimum absolute atomic E-state index is 0.0688. The van der Waals surface area contributed by atoms with E-state index in [1.165, 1.54) is 0 Å². The Morgan fingerprint density at radius 1 is 1.00 bits per heavy atom. The number of piperidine rings is 1. The van der Waals surface area contributed by atoms with Crippen LogP contribution < -0.4 is 10.6 Å². The number of nitrogens with one attached hydrogen (secondary N) is 2. The number of likely N-dealkylation sites (tertiary alicyclic amines) is 1. The Kier molecular flexibility index (Phi) is 5.34. The van der Waals surface area contributed by atoms with E-state index in [9.17, 15) is 9.59 Å². The van der Waals surface area contributed by atoms with Gasteiger partial charge in [0.2, 0.25) is 5.91 Å². The number of rotatable bonds is 4. The highest BCUT2D eigenvalue weighted by Crippen LogP contribution is 2.38. The van der Waals surface area contributed by atoms with E-state index in [2.05, 4.69) is 10.6 Å². The molecule has 4 rings (SSSR count). The molecule has 146 valence electrons. The van der Waals surface area contributed by atoms with Gasteiger partial charge < -0.3 is 20.3 Å². The molecule has 1 heterocycles. The molecule has 3 atom stereocenters. The second-order valence-electron chi connectivity index (χ2n) is 8.18. The Morgan fingerprint density at radius 3 is 2.26 bits per heavy atom. The molecule has 6 heteroatoms. The molecule has 1 unspecified atom stereocenters. The van der Waals surface area contributed by atoms with Crippen molar-refractivity contribution < 1.29 is 14.3 Å². The van der Waals surface area contributed by atoms with E-state index >= 15 is 0 Å². The molecule has 0 radical (unpaired) electrons. The van der Waals surface area contributed by atoms with Crippen molar-refractivity contribution in [3.63, 3.8) is 0 Å². The summed E-state index contributed by atoms with van der Waals surface area (Å²) in [4.78, 5) is 26.9. The van der Waals surface area contributed by atoms with Crippen LogP contribution in [0.15, 0.2) is 24.3 Å². The minimum atomic E-state index is -0.0688. The van der Waals surface area contributed by atoms with E-state index in [0.717, 1.165) is 57.3 Å². The van der Waals surface area contributed by atoms with Gasteiger partial charge in [-0.05, 0) is 43.9 Å². The highest BCUT2D eigenvalue weighted by molar-refractivity contribution is 5.94. The summed E-state index contributed by atoms with van der Waals surface area (Å²) in [5.41, 5.74) is 1.45. The summed E-state index contributed by atoms with van der Waals surface area (Å²) < 4.78 is 5.62. The molecule has 1 saturated heterocycles. The predicted octanol–water partition coefficient (Wildman–Crippen LogP) is 3.70. The summed E-state index contributed by atoms with van der Waals surface area (Å²) in [6, 6.07) is 7.36. The van der Waals surface area contributed by atoms with Crippen LogP contribution in [0.25, 0.3) is 0 Å². The smallest absolute Gasteiger partial charge is 0.321 e. The van der Waals surface area contributed by atoms with Gasteiger partial charge in [0.1, 0.15) is 0 Å². The summed E-state index contributed by atoms with van der Waals surface area (Å²) >= 11 is 0. The van der Waals surface area contributed by atoms with Crippen LogP contribution in [0, 0.1) is 17.8 Å². The number of methoxy groups -OCH3 is 1. The minimum Gasteiger partial charge on any atom is -0.381 e. The molecule has 6 nitrogen and oxygen atoms in total. The van der Waals surface area contributed by atoms with Crippen LogP contribution in [0.2, 0.25) is 0 Å². The molecule has 2 N–H and O–H groups in total. The quantitative estimate of drug-likeness (QED) is 0.848. The van der Waals surface area contributed by atoms with Crippen LogP contribution in [0.4, 0.5) is 16.2 Å². The van der Waals surface area contributed by atoms with Crippen LogP contribution in [-0.2, 0) is 9.53 Å². The first-order valence-corrected chi connectivity index (χ1v) is 10.1. The summed E-state index contributed by atoms with van der Waals surface area (Å²) in [6.45, 7) is 1.50. The van der Waals surface area contributed by atoms with Gasteiger partial charge in [-0.1, -0.05) is 18.9 Å². The first-order chi connectivity index (χ1) is 13.1. The highest BCUT2D eigenvalue weighted by Gasteiger charge is 2.43. The Bertz CT molecular complexity index is 688. The Labute approximate surface area is 160 Å². The van der Waals surface area contributed by atoms with Crippen molar-refractivity contribution in [1.82, 2.24) is 4.90 Å². The van der Waals surface area contributed by atoms with Gasteiger partial charge in [-0.2, -0.15) is 0 Å². The average Bonchev–Trinajstić information content (AvgIpc) is 3.28. The van der Waals surface area contributed by atoms with Gasteiger partial charge in [0.25, 0.3) is 0 Å². The number of amides is 3. The molecule has 3 fully saturated rings. The van der Waals surface area contributed by atoms with E-state index in [-0.39, 0.29) is 17.9 Å². The van der Waals surface area contributed by atoms with Crippen LogP contribution in [0.3, 0.4) is 0 Å². The summed E-state index contributed by atoms with van der Waals surface area (Å²) in [7, 11) is 1.77. The lowest BCUT2D eigenvalue weighted by molar-refractivity contribution is -0.119. The van der Waals surface area contributed by atoms with Gasteiger partial charge >= 0.3 is 6.03 Å². The monoisotopic (exact) mass is 371 g/mol. The number of hydrogen-bond acceptors (Lipinski definition) is 3. The number of ether oxygens (including phenoxy) is 1. The van der Waals surface area contributed by atoms with Crippen molar-refractivity contribution in [3.05, 3.63) is 24.3 Å². The largest absolute Gasteiger partial charge is 0.381 e. The number of fused-ring (bicyclic) bond motifs is 2. The third-order valence-electron chi connectivity index (χ3n) is 6.41.